The van der Waals surface area contributed by atoms with Gasteiger partial charge in [0.25, 0.3) is 0 Å². The quantitative estimate of drug-likeness (QED) is 0.776. The monoisotopic (exact) mass is 350 g/mol. The Bertz CT molecular complexity index is 755. The van der Waals surface area contributed by atoms with E-state index in [4.69, 9.17) is 0 Å². The Hall–Kier alpha value is -1.45. The molecule has 1 aliphatic rings. The van der Waals surface area contributed by atoms with E-state index in [2.05, 4.69) is 0 Å². The van der Waals surface area contributed by atoms with Gasteiger partial charge in [-0.1, -0.05) is 12.1 Å². The Morgan fingerprint density at radius 2 is 1.87 bits per heavy atom. The van der Waals surface area contributed by atoms with Crippen LogP contribution in [0.4, 0.5) is 0 Å². The SMILES string of the molecule is CS/C(=C(\C#N)S(=O)(=O)c1cc(C)ccc1C)N1CCCCC1. The van der Waals surface area contributed by atoms with Crippen molar-refractivity contribution in [3.8, 4) is 6.07 Å². The van der Waals surface area contributed by atoms with Crippen LogP contribution in [0.2, 0.25) is 0 Å². The van der Waals surface area contributed by atoms with E-state index in [1.165, 1.54) is 11.8 Å². The van der Waals surface area contributed by atoms with Crippen molar-refractivity contribution in [3.63, 3.8) is 0 Å². The molecule has 0 amide bonds. The lowest BCUT2D eigenvalue weighted by atomic mass is 10.1. The van der Waals surface area contributed by atoms with E-state index in [9.17, 15) is 13.7 Å². The molecule has 2 rings (SSSR count). The van der Waals surface area contributed by atoms with Crippen LogP contribution in [0.3, 0.4) is 0 Å². The van der Waals surface area contributed by atoms with Crippen LogP contribution in [0.15, 0.2) is 33.0 Å². The number of rotatable bonds is 4. The predicted octanol–water partition coefficient (Wildman–Crippen LogP) is 3.62. The minimum atomic E-state index is -3.81. The number of hydrogen-bond acceptors (Lipinski definition) is 5. The van der Waals surface area contributed by atoms with Gasteiger partial charge in [-0.25, -0.2) is 8.42 Å². The topological polar surface area (TPSA) is 61.2 Å². The molecule has 1 saturated heterocycles. The number of sulfone groups is 1. The number of nitrogens with zero attached hydrogens (tertiary/aromatic N) is 2. The molecule has 1 fully saturated rings. The predicted molar refractivity (Wildman–Crippen MR) is 94.7 cm³/mol. The van der Waals surface area contributed by atoms with Crippen LogP contribution >= 0.6 is 11.8 Å². The summed E-state index contributed by atoms with van der Waals surface area (Å²) >= 11 is 1.34. The number of allylic oxidation sites excluding steroid dienone is 1. The summed E-state index contributed by atoms with van der Waals surface area (Å²) in [6, 6.07) is 7.28. The average molecular weight is 351 g/mol. The van der Waals surface area contributed by atoms with Gasteiger partial charge in [0.2, 0.25) is 9.84 Å². The molecule has 0 saturated carbocycles. The number of likely N-dealkylation sites (tertiary alicyclic amines) is 1. The Balaban J connectivity index is 2.59. The summed E-state index contributed by atoms with van der Waals surface area (Å²) in [7, 11) is -3.81. The van der Waals surface area contributed by atoms with Crippen LogP contribution in [0.5, 0.6) is 0 Å². The summed E-state index contributed by atoms with van der Waals surface area (Å²) in [6.07, 6.45) is 5.06. The van der Waals surface area contributed by atoms with E-state index in [1.54, 1.807) is 19.1 Å². The fourth-order valence-corrected chi connectivity index (χ4v) is 5.58. The zero-order valence-electron chi connectivity index (χ0n) is 13.8. The first-order valence-corrected chi connectivity index (χ1v) is 10.4. The van der Waals surface area contributed by atoms with Gasteiger partial charge in [-0.05, 0) is 56.6 Å². The van der Waals surface area contributed by atoms with Crippen LogP contribution in [-0.2, 0) is 9.84 Å². The van der Waals surface area contributed by atoms with Crippen LogP contribution < -0.4 is 0 Å². The third-order valence-electron chi connectivity index (χ3n) is 4.03. The molecule has 0 N–H and O–H groups in total. The second kappa shape index (κ2) is 7.41. The summed E-state index contributed by atoms with van der Waals surface area (Å²) < 4.78 is 26.1. The highest BCUT2D eigenvalue weighted by molar-refractivity contribution is 8.04. The molecule has 0 aliphatic carbocycles. The highest BCUT2D eigenvalue weighted by Crippen LogP contribution is 2.32. The van der Waals surface area contributed by atoms with E-state index >= 15 is 0 Å². The molecule has 0 unspecified atom stereocenters. The zero-order valence-corrected chi connectivity index (χ0v) is 15.4. The normalized spacial score (nSPS) is 16.7. The lowest BCUT2D eigenvalue weighted by Crippen LogP contribution is -2.29. The number of piperidine rings is 1. The molecule has 1 aromatic rings. The third kappa shape index (κ3) is 3.73. The van der Waals surface area contributed by atoms with Crippen molar-refractivity contribution >= 4 is 21.6 Å². The van der Waals surface area contributed by atoms with Gasteiger partial charge in [-0.15, -0.1) is 11.8 Å². The van der Waals surface area contributed by atoms with Crippen LogP contribution in [0.1, 0.15) is 30.4 Å². The lowest BCUT2D eigenvalue weighted by molar-refractivity contribution is 0.302. The largest absolute Gasteiger partial charge is 0.365 e. The Labute approximate surface area is 143 Å². The smallest absolute Gasteiger partial charge is 0.219 e. The van der Waals surface area contributed by atoms with Gasteiger partial charge in [0, 0.05) is 13.1 Å². The van der Waals surface area contributed by atoms with Crippen molar-refractivity contribution in [1.82, 2.24) is 4.90 Å². The zero-order chi connectivity index (χ0) is 17.0. The van der Waals surface area contributed by atoms with Crippen molar-refractivity contribution in [2.24, 2.45) is 0 Å². The summed E-state index contributed by atoms with van der Waals surface area (Å²) in [6.45, 7) is 5.24. The number of hydrogen-bond donors (Lipinski definition) is 0. The summed E-state index contributed by atoms with van der Waals surface area (Å²) in [4.78, 5) is 2.15. The molecular formula is C17H22N2O2S2. The van der Waals surface area contributed by atoms with Gasteiger partial charge >= 0.3 is 0 Å². The van der Waals surface area contributed by atoms with Crippen LogP contribution in [0.25, 0.3) is 0 Å². The first-order chi connectivity index (χ1) is 10.9. The van der Waals surface area contributed by atoms with E-state index in [1.807, 2.05) is 30.2 Å². The number of thioether (sulfide) groups is 1. The van der Waals surface area contributed by atoms with E-state index in [-0.39, 0.29) is 9.80 Å². The molecule has 0 radical (unpaired) electrons. The van der Waals surface area contributed by atoms with Gasteiger partial charge in [-0.2, -0.15) is 5.26 Å². The highest BCUT2D eigenvalue weighted by Gasteiger charge is 2.29. The fourth-order valence-electron chi connectivity index (χ4n) is 2.79. The molecule has 6 heteroatoms. The van der Waals surface area contributed by atoms with Crippen molar-refractivity contribution in [3.05, 3.63) is 39.3 Å². The maximum Gasteiger partial charge on any atom is 0.219 e. The number of benzene rings is 1. The fraction of sp³-hybridized carbons (Fsp3) is 0.471. The molecule has 124 valence electrons. The first kappa shape index (κ1) is 17.9. The standard InChI is InChI=1S/C17H22N2O2S2/c1-13-7-8-14(2)15(11-13)23(20,21)16(12-18)17(22-3)19-9-5-4-6-10-19/h7-8,11H,4-6,9-10H2,1-3H3/b17-16+. The summed E-state index contributed by atoms with van der Waals surface area (Å²) in [5.74, 6) is 0. The lowest BCUT2D eigenvalue weighted by Gasteiger charge is -2.30. The highest BCUT2D eigenvalue weighted by atomic mass is 32.2. The number of aryl methyl sites for hydroxylation is 2. The molecular weight excluding hydrogens is 328 g/mol. The van der Waals surface area contributed by atoms with Crippen LogP contribution in [-0.4, -0.2) is 32.7 Å². The van der Waals surface area contributed by atoms with Crippen molar-refractivity contribution in [1.29, 1.82) is 5.26 Å². The van der Waals surface area contributed by atoms with Crippen molar-refractivity contribution in [2.75, 3.05) is 19.3 Å². The maximum absolute atomic E-state index is 13.1. The molecule has 1 heterocycles. The molecule has 0 atom stereocenters. The molecule has 0 bridgehead atoms. The molecule has 0 spiro atoms. The number of nitriles is 1. The average Bonchev–Trinajstić information content (AvgIpc) is 2.55. The van der Waals surface area contributed by atoms with Gasteiger partial charge < -0.3 is 4.90 Å². The van der Waals surface area contributed by atoms with Crippen LogP contribution in [0, 0.1) is 25.2 Å². The maximum atomic E-state index is 13.1. The Morgan fingerprint density at radius 1 is 1.22 bits per heavy atom. The Morgan fingerprint density at radius 3 is 2.43 bits per heavy atom. The second-order valence-corrected chi connectivity index (χ2v) is 8.42. The first-order valence-electron chi connectivity index (χ1n) is 7.67. The van der Waals surface area contributed by atoms with Gasteiger partial charge in [0.05, 0.1) is 4.90 Å². The van der Waals surface area contributed by atoms with Gasteiger partial charge in [-0.3, -0.25) is 0 Å². The minimum Gasteiger partial charge on any atom is -0.365 e. The molecule has 23 heavy (non-hydrogen) atoms. The summed E-state index contributed by atoms with van der Waals surface area (Å²) in [5.41, 5.74) is 1.54. The Kier molecular flexibility index (Phi) is 5.77. The van der Waals surface area contributed by atoms with Gasteiger partial charge in [0.1, 0.15) is 11.1 Å². The molecule has 1 aliphatic heterocycles. The van der Waals surface area contributed by atoms with E-state index in [0.29, 0.717) is 10.6 Å². The summed E-state index contributed by atoms with van der Waals surface area (Å²) in [5, 5.41) is 10.2. The third-order valence-corrected chi connectivity index (χ3v) is 6.85. The van der Waals surface area contributed by atoms with Crippen molar-refractivity contribution < 1.29 is 8.42 Å². The minimum absolute atomic E-state index is 0.124. The molecule has 1 aromatic carbocycles. The van der Waals surface area contributed by atoms with E-state index in [0.717, 1.165) is 37.9 Å². The van der Waals surface area contributed by atoms with E-state index < -0.39 is 9.84 Å². The molecule has 4 nitrogen and oxygen atoms in total. The molecule has 0 aromatic heterocycles. The second-order valence-electron chi connectivity index (χ2n) is 5.77. The van der Waals surface area contributed by atoms with Gasteiger partial charge in [0.15, 0.2) is 4.91 Å². The van der Waals surface area contributed by atoms with Crippen molar-refractivity contribution in [2.45, 2.75) is 38.0 Å².